The molecule has 4 heteroatoms. The number of aryl methyl sites for hydroxylation is 2. The normalized spacial score (nSPS) is 12.5. The Morgan fingerprint density at radius 3 is 2.61 bits per heavy atom. The molecule has 0 amide bonds. The number of methoxy groups -OCH3 is 1. The number of rotatable bonds is 3. The second kappa shape index (κ2) is 5.16. The van der Waals surface area contributed by atoms with Gasteiger partial charge in [0, 0.05) is 11.1 Å². The summed E-state index contributed by atoms with van der Waals surface area (Å²) in [5, 5.41) is 0. The molecule has 0 spiro atoms. The molecular formula is C14H16BrNO2. The maximum atomic E-state index is 6.32. The molecule has 2 rings (SSSR count). The van der Waals surface area contributed by atoms with E-state index in [1.165, 1.54) is 0 Å². The van der Waals surface area contributed by atoms with E-state index in [4.69, 9.17) is 14.9 Å². The van der Waals surface area contributed by atoms with E-state index in [9.17, 15) is 0 Å². The summed E-state index contributed by atoms with van der Waals surface area (Å²) >= 11 is 3.36. The lowest BCUT2D eigenvalue weighted by atomic mass is 9.95. The van der Waals surface area contributed by atoms with Crippen LogP contribution in [0.3, 0.4) is 0 Å². The molecule has 1 unspecified atom stereocenters. The summed E-state index contributed by atoms with van der Waals surface area (Å²) in [4.78, 5) is 0. The zero-order chi connectivity index (χ0) is 13.3. The lowest BCUT2D eigenvalue weighted by molar-refractivity contribution is 0.406. The second-order valence-corrected chi connectivity index (χ2v) is 5.05. The van der Waals surface area contributed by atoms with Gasteiger partial charge in [0.1, 0.15) is 5.75 Å². The standard InChI is InChI=1S/C14H16BrNO2/c1-8-6-9(2)12(11(7-8)17-3)13(16)10-4-5-18-14(10)15/h4-7,13H,16H2,1-3H3. The molecule has 0 aliphatic carbocycles. The van der Waals surface area contributed by atoms with Crippen LogP contribution >= 0.6 is 15.9 Å². The van der Waals surface area contributed by atoms with Gasteiger partial charge in [-0.25, -0.2) is 0 Å². The molecule has 18 heavy (non-hydrogen) atoms. The van der Waals surface area contributed by atoms with Crippen LogP contribution in [-0.2, 0) is 0 Å². The molecular weight excluding hydrogens is 294 g/mol. The number of hydrogen-bond acceptors (Lipinski definition) is 3. The lowest BCUT2D eigenvalue weighted by Gasteiger charge is -2.18. The minimum atomic E-state index is -0.270. The summed E-state index contributed by atoms with van der Waals surface area (Å²) in [7, 11) is 1.66. The molecule has 0 bridgehead atoms. The van der Waals surface area contributed by atoms with Crippen LogP contribution in [-0.4, -0.2) is 7.11 Å². The number of benzene rings is 1. The lowest BCUT2D eigenvalue weighted by Crippen LogP contribution is -2.14. The van der Waals surface area contributed by atoms with Gasteiger partial charge in [0.25, 0.3) is 0 Å². The molecule has 1 atom stereocenters. The van der Waals surface area contributed by atoms with Gasteiger partial charge in [-0.2, -0.15) is 0 Å². The highest BCUT2D eigenvalue weighted by molar-refractivity contribution is 9.10. The number of ether oxygens (including phenoxy) is 1. The average Bonchev–Trinajstić information content (AvgIpc) is 2.73. The third kappa shape index (κ3) is 2.31. The summed E-state index contributed by atoms with van der Waals surface area (Å²) in [5.74, 6) is 0.813. The highest BCUT2D eigenvalue weighted by atomic mass is 79.9. The topological polar surface area (TPSA) is 48.4 Å². The van der Waals surface area contributed by atoms with E-state index < -0.39 is 0 Å². The predicted octanol–water partition coefficient (Wildman–Crippen LogP) is 3.72. The first-order valence-electron chi connectivity index (χ1n) is 5.68. The summed E-state index contributed by atoms with van der Waals surface area (Å²) in [5.41, 5.74) is 10.5. The van der Waals surface area contributed by atoms with Gasteiger partial charge in [0.2, 0.25) is 0 Å². The van der Waals surface area contributed by atoms with Crippen LogP contribution in [0, 0.1) is 13.8 Å². The Labute approximate surface area is 115 Å². The molecule has 96 valence electrons. The zero-order valence-electron chi connectivity index (χ0n) is 10.7. The maximum absolute atomic E-state index is 6.32. The number of hydrogen-bond donors (Lipinski definition) is 1. The van der Waals surface area contributed by atoms with Gasteiger partial charge in [0.15, 0.2) is 4.67 Å². The fraction of sp³-hybridized carbons (Fsp3) is 0.286. The van der Waals surface area contributed by atoms with Crippen molar-refractivity contribution in [1.29, 1.82) is 0 Å². The summed E-state index contributed by atoms with van der Waals surface area (Å²) in [6, 6.07) is 5.70. The van der Waals surface area contributed by atoms with Gasteiger partial charge in [-0.15, -0.1) is 0 Å². The van der Waals surface area contributed by atoms with Crippen molar-refractivity contribution in [3.05, 3.63) is 51.4 Å². The van der Waals surface area contributed by atoms with Gasteiger partial charge in [-0.1, -0.05) is 6.07 Å². The number of furan rings is 1. The van der Waals surface area contributed by atoms with Crippen molar-refractivity contribution in [1.82, 2.24) is 0 Å². The van der Waals surface area contributed by atoms with Crippen molar-refractivity contribution in [2.75, 3.05) is 7.11 Å². The Morgan fingerprint density at radius 2 is 2.06 bits per heavy atom. The van der Waals surface area contributed by atoms with Gasteiger partial charge in [-0.3, -0.25) is 0 Å². The molecule has 0 radical (unpaired) electrons. The Hall–Kier alpha value is -1.26. The van der Waals surface area contributed by atoms with Gasteiger partial charge in [-0.05, 0) is 53.0 Å². The van der Waals surface area contributed by atoms with E-state index >= 15 is 0 Å². The number of halogens is 1. The molecule has 0 fully saturated rings. The van der Waals surface area contributed by atoms with Crippen molar-refractivity contribution in [3.8, 4) is 5.75 Å². The van der Waals surface area contributed by atoms with Crippen molar-refractivity contribution in [2.24, 2.45) is 5.73 Å². The molecule has 1 aromatic heterocycles. The monoisotopic (exact) mass is 309 g/mol. The molecule has 2 aromatic rings. The average molecular weight is 310 g/mol. The fourth-order valence-corrected chi connectivity index (χ4v) is 2.68. The Kier molecular flexibility index (Phi) is 3.78. The molecule has 2 N–H and O–H groups in total. The van der Waals surface area contributed by atoms with Crippen LogP contribution in [0.5, 0.6) is 5.75 Å². The smallest absolute Gasteiger partial charge is 0.174 e. The van der Waals surface area contributed by atoms with Crippen molar-refractivity contribution in [2.45, 2.75) is 19.9 Å². The molecule has 1 heterocycles. The SMILES string of the molecule is COc1cc(C)cc(C)c1C(N)c1ccoc1Br. The van der Waals surface area contributed by atoms with Gasteiger partial charge < -0.3 is 14.9 Å². The Balaban J connectivity index is 2.54. The quantitative estimate of drug-likeness (QED) is 0.940. The van der Waals surface area contributed by atoms with Crippen molar-refractivity contribution >= 4 is 15.9 Å². The molecule has 0 aliphatic heterocycles. The largest absolute Gasteiger partial charge is 0.496 e. The van der Waals surface area contributed by atoms with Crippen molar-refractivity contribution in [3.63, 3.8) is 0 Å². The third-order valence-corrected chi connectivity index (χ3v) is 3.65. The molecule has 1 aromatic carbocycles. The molecule has 0 saturated heterocycles. The van der Waals surface area contributed by atoms with Crippen LogP contribution in [0.15, 0.2) is 33.5 Å². The highest BCUT2D eigenvalue weighted by Gasteiger charge is 2.20. The first-order chi connectivity index (χ1) is 8.54. The first kappa shape index (κ1) is 13.2. The summed E-state index contributed by atoms with van der Waals surface area (Å²) < 4.78 is 11.3. The van der Waals surface area contributed by atoms with Gasteiger partial charge >= 0.3 is 0 Å². The van der Waals surface area contributed by atoms with E-state index in [-0.39, 0.29) is 6.04 Å². The van der Waals surface area contributed by atoms with E-state index in [2.05, 4.69) is 22.0 Å². The zero-order valence-corrected chi connectivity index (χ0v) is 12.2. The molecule has 0 aliphatic rings. The third-order valence-electron chi connectivity index (χ3n) is 3.01. The Bertz CT molecular complexity index is 563. The van der Waals surface area contributed by atoms with Crippen LogP contribution < -0.4 is 10.5 Å². The van der Waals surface area contributed by atoms with E-state index in [1.807, 2.05) is 26.0 Å². The van der Waals surface area contributed by atoms with E-state index in [1.54, 1.807) is 13.4 Å². The van der Waals surface area contributed by atoms with Gasteiger partial charge in [0.05, 0.1) is 19.4 Å². The van der Waals surface area contributed by atoms with Crippen LogP contribution in [0.25, 0.3) is 0 Å². The summed E-state index contributed by atoms with van der Waals surface area (Å²) in [6.07, 6.45) is 1.62. The predicted molar refractivity (Wildman–Crippen MR) is 74.9 cm³/mol. The van der Waals surface area contributed by atoms with Crippen LogP contribution in [0.4, 0.5) is 0 Å². The van der Waals surface area contributed by atoms with Crippen LogP contribution in [0.1, 0.15) is 28.3 Å². The molecule has 3 nitrogen and oxygen atoms in total. The van der Waals surface area contributed by atoms with E-state index in [0.29, 0.717) is 4.67 Å². The Morgan fingerprint density at radius 1 is 1.33 bits per heavy atom. The van der Waals surface area contributed by atoms with E-state index in [0.717, 1.165) is 28.0 Å². The van der Waals surface area contributed by atoms with Crippen molar-refractivity contribution < 1.29 is 9.15 Å². The number of nitrogens with two attached hydrogens (primary N) is 1. The van der Waals surface area contributed by atoms with Crippen LogP contribution in [0.2, 0.25) is 0 Å². The highest BCUT2D eigenvalue weighted by Crippen LogP contribution is 2.35. The summed E-state index contributed by atoms with van der Waals surface area (Å²) in [6.45, 7) is 4.08. The minimum Gasteiger partial charge on any atom is -0.496 e. The first-order valence-corrected chi connectivity index (χ1v) is 6.47. The minimum absolute atomic E-state index is 0.270. The fourth-order valence-electron chi connectivity index (χ4n) is 2.19. The second-order valence-electron chi connectivity index (χ2n) is 4.33. The maximum Gasteiger partial charge on any atom is 0.174 e. The molecule has 0 saturated carbocycles.